The van der Waals surface area contributed by atoms with Gasteiger partial charge in [0, 0.05) is 19.3 Å². The first kappa shape index (κ1) is 10.7. The van der Waals surface area contributed by atoms with Gasteiger partial charge in [0.2, 0.25) is 0 Å². The summed E-state index contributed by atoms with van der Waals surface area (Å²) in [5, 5.41) is 9.03. The molecule has 0 aliphatic carbocycles. The number of nitrogens with zero attached hydrogens (tertiary/aromatic N) is 2. The number of rotatable bonds is 4. The molecular weight excluding hydrogens is 176 g/mol. The largest absolute Gasteiger partial charge is 0.392 e. The number of aliphatic hydroxyl groups is 1. The Morgan fingerprint density at radius 1 is 1.57 bits per heavy atom. The predicted octanol–water partition coefficient (Wildman–Crippen LogP) is 1.50. The maximum absolute atomic E-state index is 9.03. The number of hydrogen-bond donors (Lipinski definition) is 1. The lowest BCUT2D eigenvalue weighted by Gasteiger charge is -2.17. The normalized spacial score (nSPS) is 9.93. The lowest BCUT2D eigenvalue weighted by Crippen LogP contribution is -2.18. The van der Waals surface area contributed by atoms with Crippen LogP contribution in [0.15, 0.2) is 24.8 Å². The van der Waals surface area contributed by atoms with Gasteiger partial charge in [0.15, 0.2) is 0 Å². The maximum Gasteiger partial charge on any atom is 0.129 e. The summed E-state index contributed by atoms with van der Waals surface area (Å²) in [5.74, 6) is 0.869. The minimum Gasteiger partial charge on any atom is -0.392 e. The molecule has 1 aromatic rings. The van der Waals surface area contributed by atoms with E-state index in [1.54, 1.807) is 0 Å². The van der Waals surface area contributed by atoms with Crippen molar-refractivity contribution in [2.45, 2.75) is 13.5 Å². The zero-order valence-corrected chi connectivity index (χ0v) is 8.70. The van der Waals surface area contributed by atoms with Crippen molar-refractivity contribution in [2.24, 2.45) is 0 Å². The number of aromatic nitrogens is 1. The van der Waals surface area contributed by atoms with Crippen LogP contribution in [-0.4, -0.2) is 23.7 Å². The minimum absolute atomic E-state index is 0.0539. The Hall–Kier alpha value is -1.35. The molecule has 0 unspecified atom stereocenters. The van der Waals surface area contributed by atoms with Gasteiger partial charge in [0.25, 0.3) is 0 Å². The van der Waals surface area contributed by atoms with E-state index in [9.17, 15) is 0 Å². The van der Waals surface area contributed by atoms with Crippen molar-refractivity contribution in [3.63, 3.8) is 0 Å². The molecule has 3 heteroatoms. The van der Waals surface area contributed by atoms with Crippen molar-refractivity contribution in [2.75, 3.05) is 18.5 Å². The average Bonchev–Trinajstić information content (AvgIpc) is 2.17. The summed E-state index contributed by atoms with van der Waals surface area (Å²) in [6, 6.07) is 3.77. The predicted molar refractivity (Wildman–Crippen MR) is 58.4 cm³/mol. The van der Waals surface area contributed by atoms with E-state index in [1.807, 2.05) is 37.1 Å². The van der Waals surface area contributed by atoms with Crippen molar-refractivity contribution in [1.82, 2.24) is 4.98 Å². The lowest BCUT2D eigenvalue weighted by atomic mass is 10.2. The van der Waals surface area contributed by atoms with Crippen LogP contribution in [0.2, 0.25) is 0 Å². The number of hydrogen-bond acceptors (Lipinski definition) is 3. The Labute approximate surface area is 84.7 Å². The molecule has 0 saturated heterocycles. The molecule has 0 saturated carbocycles. The van der Waals surface area contributed by atoms with Crippen molar-refractivity contribution < 1.29 is 5.11 Å². The summed E-state index contributed by atoms with van der Waals surface area (Å²) in [6.07, 6.45) is 1.82. The smallest absolute Gasteiger partial charge is 0.129 e. The molecule has 1 rings (SSSR count). The number of anilines is 1. The van der Waals surface area contributed by atoms with Crippen LogP contribution in [0.5, 0.6) is 0 Å². The molecule has 1 heterocycles. The summed E-state index contributed by atoms with van der Waals surface area (Å²) in [7, 11) is 1.95. The van der Waals surface area contributed by atoms with Crippen molar-refractivity contribution >= 4 is 5.82 Å². The molecule has 0 fully saturated rings. The Morgan fingerprint density at radius 2 is 2.29 bits per heavy atom. The molecule has 0 radical (unpaired) electrons. The highest BCUT2D eigenvalue weighted by Gasteiger charge is 2.03. The molecule has 0 aromatic carbocycles. The third-order valence-corrected chi connectivity index (χ3v) is 1.98. The zero-order chi connectivity index (χ0) is 10.6. The van der Waals surface area contributed by atoms with E-state index in [1.165, 1.54) is 0 Å². The Balaban J connectivity index is 2.96. The van der Waals surface area contributed by atoms with Crippen molar-refractivity contribution in [3.8, 4) is 0 Å². The van der Waals surface area contributed by atoms with Gasteiger partial charge in [-0.2, -0.15) is 0 Å². The fourth-order valence-corrected chi connectivity index (χ4v) is 1.30. The Kier molecular flexibility index (Phi) is 3.65. The van der Waals surface area contributed by atoms with E-state index in [0.29, 0.717) is 0 Å². The summed E-state index contributed by atoms with van der Waals surface area (Å²) in [4.78, 5) is 6.35. The van der Waals surface area contributed by atoms with Crippen LogP contribution in [0, 0.1) is 6.92 Å². The third kappa shape index (κ3) is 2.57. The summed E-state index contributed by atoms with van der Waals surface area (Å²) in [5.41, 5.74) is 1.81. The van der Waals surface area contributed by atoms with Gasteiger partial charge in [-0.25, -0.2) is 4.98 Å². The Morgan fingerprint density at radius 3 is 2.86 bits per heavy atom. The molecule has 1 aromatic heterocycles. The molecular formula is C11H16N2O. The monoisotopic (exact) mass is 192 g/mol. The van der Waals surface area contributed by atoms with E-state index >= 15 is 0 Å². The zero-order valence-electron chi connectivity index (χ0n) is 8.70. The molecule has 1 N–H and O–H groups in total. The summed E-state index contributed by atoms with van der Waals surface area (Å²) < 4.78 is 0. The van der Waals surface area contributed by atoms with Gasteiger partial charge in [0.1, 0.15) is 5.82 Å². The second-order valence-corrected chi connectivity index (χ2v) is 3.30. The van der Waals surface area contributed by atoms with Gasteiger partial charge in [0.05, 0.1) is 6.61 Å². The van der Waals surface area contributed by atoms with Gasteiger partial charge in [-0.1, -0.05) is 6.08 Å². The van der Waals surface area contributed by atoms with Crippen LogP contribution < -0.4 is 4.90 Å². The molecule has 0 aliphatic heterocycles. The standard InChI is InChI=1S/C11H16N2O/c1-4-5-13(3)11-7-10(8-14)6-9(2)12-11/h4,6-7,14H,1,5,8H2,2-3H3. The molecule has 0 aliphatic rings. The topological polar surface area (TPSA) is 36.4 Å². The first-order valence-electron chi connectivity index (χ1n) is 4.58. The van der Waals surface area contributed by atoms with Crippen LogP contribution in [0.4, 0.5) is 5.82 Å². The van der Waals surface area contributed by atoms with Crippen LogP contribution in [-0.2, 0) is 6.61 Å². The number of aryl methyl sites for hydroxylation is 1. The lowest BCUT2D eigenvalue weighted by molar-refractivity contribution is 0.281. The van der Waals surface area contributed by atoms with Gasteiger partial charge >= 0.3 is 0 Å². The average molecular weight is 192 g/mol. The van der Waals surface area contributed by atoms with E-state index in [-0.39, 0.29) is 6.61 Å². The van der Waals surface area contributed by atoms with E-state index in [2.05, 4.69) is 11.6 Å². The van der Waals surface area contributed by atoms with Gasteiger partial charge < -0.3 is 10.0 Å². The number of pyridine rings is 1. The summed E-state index contributed by atoms with van der Waals surface area (Å²) >= 11 is 0. The van der Waals surface area contributed by atoms with Crippen molar-refractivity contribution in [1.29, 1.82) is 0 Å². The highest BCUT2D eigenvalue weighted by atomic mass is 16.3. The molecule has 76 valence electrons. The second kappa shape index (κ2) is 4.77. The van der Waals surface area contributed by atoms with Gasteiger partial charge in [-0.15, -0.1) is 6.58 Å². The quantitative estimate of drug-likeness (QED) is 0.734. The number of likely N-dealkylation sites (N-methyl/N-ethyl adjacent to an activating group) is 1. The maximum atomic E-state index is 9.03. The van der Waals surface area contributed by atoms with Crippen LogP contribution in [0.3, 0.4) is 0 Å². The fourth-order valence-electron chi connectivity index (χ4n) is 1.30. The fraction of sp³-hybridized carbons (Fsp3) is 0.364. The van der Waals surface area contributed by atoms with Crippen molar-refractivity contribution in [3.05, 3.63) is 36.0 Å². The SMILES string of the molecule is C=CCN(C)c1cc(CO)cc(C)n1. The first-order chi connectivity index (χ1) is 6.67. The van der Waals surface area contributed by atoms with E-state index in [0.717, 1.165) is 23.6 Å². The van der Waals surface area contributed by atoms with Crippen LogP contribution in [0.25, 0.3) is 0 Å². The first-order valence-corrected chi connectivity index (χ1v) is 4.58. The van der Waals surface area contributed by atoms with Crippen LogP contribution in [0.1, 0.15) is 11.3 Å². The summed E-state index contributed by atoms with van der Waals surface area (Å²) in [6.45, 7) is 6.40. The molecule has 3 nitrogen and oxygen atoms in total. The second-order valence-electron chi connectivity index (χ2n) is 3.30. The number of aliphatic hydroxyl groups excluding tert-OH is 1. The molecule has 0 atom stereocenters. The van der Waals surface area contributed by atoms with Crippen LogP contribution >= 0.6 is 0 Å². The molecule has 14 heavy (non-hydrogen) atoms. The van der Waals surface area contributed by atoms with Gasteiger partial charge in [-0.05, 0) is 24.6 Å². The van der Waals surface area contributed by atoms with Gasteiger partial charge in [-0.3, -0.25) is 0 Å². The third-order valence-electron chi connectivity index (χ3n) is 1.98. The Bertz CT molecular complexity index is 323. The van der Waals surface area contributed by atoms with E-state index in [4.69, 9.17) is 5.11 Å². The highest BCUT2D eigenvalue weighted by Crippen LogP contribution is 2.13. The highest BCUT2D eigenvalue weighted by molar-refractivity contribution is 5.42. The molecule has 0 spiro atoms. The minimum atomic E-state index is 0.0539. The molecule has 0 amide bonds. The molecule has 0 bridgehead atoms. The van der Waals surface area contributed by atoms with E-state index < -0.39 is 0 Å².